The van der Waals surface area contributed by atoms with Crippen molar-refractivity contribution in [1.29, 1.82) is 0 Å². The SMILES string of the molecule is CCC(C)(C)C(=O)C(=O)N1CCCC[C@H]1C(=O)O[C@H](CCc1ccc(OC)c(OC)c1)c1cccc(NC(=O)CN)c1. The maximum absolute atomic E-state index is 13.7. The first-order valence-corrected chi connectivity index (χ1v) is 14.4. The fourth-order valence-corrected chi connectivity index (χ4v) is 4.88. The highest BCUT2D eigenvalue weighted by atomic mass is 16.5. The second-order valence-corrected chi connectivity index (χ2v) is 11.1. The number of likely N-dealkylation sites (tertiary alicyclic amines) is 1. The number of nitrogens with zero attached hydrogens (tertiary/aromatic N) is 1. The molecule has 2 aromatic rings. The Labute approximate surface area is 247 Å². The summed E-state index contributed by atoms with van der Waals surface area (Å²) >= 11 is 0. The van der Waals surface area contributed by atoms with Crippen LogP contribution in [0, 0.1) is 5.41 Å². The number of ketones is 1. The number of hydrogen-bond donors (Lipinski definition) is 2. The molecule has 0 aliphatic carbocycles. The first-order chi connectivity index (χ1) is 20.0. The van der Waals surface area contributed by atoms with Gasteiger partial charge in [-0.25, -0.2) is 4.79 Å². The first-order valence-electron chi connectivity index (χ1n) is 14.4. The van der Waals surface area contributed by atoms with E-state index in [1.54, 1.807) is 46.3 Å². The number of hydrogen-bond acceptors (Lipinski definition) is 8. The number of nitrogens with two attached hydrogens (primary N) is 1. The van der Waals surface area contributed by atoms with E-state index in [0.29, 0.717) is 61.4 Å². The van der Waals surface area contributed by atoms with Crippen LogP contribution in [0.25, 0.3) is 0 Å². The zero-order valence-corrected chi connectivity index (χ0v) is 25.2. The van der Waals surface area contributed by atoms with Gasteiger partial charge in [-0.15, -0.1) is 0 Å². The summed E-state index contributed by atoms with van der Waals surface area (Å²) in [6.45, 7) is 5.50. The van der Waals surface area contributed by atoms with Crippen molar-refractivity contribution in [3.8, 4) is 11.5 Å². The molecule has 0 bridgehead atoms. The molecule has 228 valence electrons. The van der Waals surface area contributed by atoms with Crippen LogP contribution in [-0.4, -0.2) is 61.8 Å². The van der Waals surface area contributed by atoms with Crippen LogP contribution in [0.3, 0.4) is 0 Å². The predicted molar refractivity (Wildman–Crippen MR) is 159 cm³/mol. The molecule has 2 aromatic carbocycles. The van der Waals surface area contributed by atoms with Crippen LogP contribution < -0.4 is 20.5 Å². The van der Waals surface area contributed by atoms with E-state index in [-0.39, 0.29) is 12.5 Å². The number of piperidine rings is 1. The van der Waals surface area contributed by atoms with Crippen LogP contribution in [0.15, 0.2) is 42.5 Å². The van der Waals surface area contributed by atoms with Crippen molar-refractivity contribution in [3.05, 3.63) is 53.6 Å². The van der Waals surface area contributed by atoms with E-state index in [2.05, 4.69) is 5.32 Å². The zero-order valence-electron chi connectivity index (χ0n) is 25.2. The number of benzene rings is 2. The molecule has 1 fully saturated rings. The maximum atomic E-state index is 13.7. The topological polar surface area (TPSA) is 137 Å². The number of carbonyl (C=O) groups excluding carboxylic acids is 4. The molecule has 0 spiro atoms. The predicted octanol–water partition coefficient (Wildman–Crippen LogP) is 4.20. The van der Waals surface area contributed by atoms with Crippen molar-refractivity contribution < 1.29 is 33.4 Å². The van der Waals surface area contributed by atoms with Crippen molar-refractivity contribution in [2.75, 3.05) is 32.6 Å². The minimum absolute atomic E-state index is 0.166. The van der Waals surface area contributed by atoms with Crippen molar-refractivity contribution in [1.82, 2.24) is 4.90 Å². The Morgan fingerprint density at radius 1 is 1.05 bits per heavy atom. The highest BCUT2D eigenvalue weighted by molar-refractivity contribution is 6.38. The molecule has 1 aliphatic heterocycles. The molecule has 0 saturated carbocycles. The number of Topliss-reactive ketones (excluding diaryl/α,β-unsaturated/α-hetero) is 1. The Balaban J connectivity index is 1.88. The number of aryl methyl sites for hydroxylation is 1. The van der Waals surface area contributed by atoms with E-state index in [1.165, 1.54) is 4.90 Å². The number of anilines is 1. The highest BCUT2D eigenvalue weighted by Crippen LogP contribution is 2.32. The number of rotatable bonds is 13. The Hall–Kier alpha value is -3.92. The first kappa shape index (κ1) is 32.6. The summed E-state index contributed by atoms with van der Waals surface area (Å²) in [7, 11) is 3.14. The summed E-state index contributed by atoms with van der Waals surface area (Å²) in [5.74, 6) is -0.850. The average molecular weight is 582 g/mol. The molecule has 0 aromatic heterocycles. The van der Waals surface area contributed by atoms with Crippen LogP contribution in [0.1, 0.15) is 70.1 Å². The molecule has 0 unspecified atom stereocenters. The van der Waals surface area contributed by atoms with Gasteiger partial charge < -0.3 is 30.2 Å². The fourth-order valence-electron chi connectivity index (χ4n) is 4.88. The smallest absolute Gasteiger partial charge is 0.329 e. The minimum atomic E-state index is -0.855. The van der Waals surface area contributed by atoms with Crippen LogP contribution in [0.4, 0.5) is 5.69 Å². The Bertz CT molecular complexity index is 1280. The summed E-state index contributed by atoms with van der Waals surface area (Å²) < 4.78 is 16.9. The Morgan fingerprint density at radius 3 is 2.45 bits per heavy atom. The van der Waals surface area contributed by atoms with Gasteiger partial charge in [0, 0.05) is 17.6 Å². The number of nitrogens with one attached hydrogen (secondary N) is 1. The normalized spacial score (nSPS) is 15.9. The lowest BCUT2D eigenvalue weighted by Crippen LogP contribution is -2.53. The lowest BCUT2D eigenvalue weighted by Gasteiger charge is -2.36. The lowest BCUT2D eigenvalue weighted by molar-refractivity contribution is -0.164. The molecule has 3 N–H and O–H groups in total. The van der Waals surface area contributed by atoms with Gasteiger partial charge in [0.15, 0.2) is 11.5 Å². The van der Waals surface area contributed by atoms with Gasteiger partial charge in [0.2, 0.25) is 11.7 Å². The second-order valence-electron chi connectivity index (χ2n) is 11.1. The molecule has 1 heterocycles. The molecule has 1 saturated heterocycles. The van der Waals surface area contributed by atoms with Crippen LogP contribution in [0.2, 0.25) is 0 Å². The van der Waals surface area contributed by atoms with E-state index in [0.717, 1.165) is 12.0 Å². The van der Waals surface area contributed by atoms with Gasteiger partial charge in [-0.1, -0.05) is 39.0 Å². The average Bonchev–Trinajstić information content (AvgIpc) is 3.01. The summed E-state index contributed by atoms with van der Waals surface area (Å²) in [4.78, 5) is 53.3. The number of ether oxygens (including phenoxy) is 3. The number of amides is 2. The van der Waals surface area contributed by atoms with E-state index in [4.69, 9.17) is 19.9 Å². The van der Waals surface area contributed by atoms with Gasteiger partial charge in [0.05, 0.1) is 20.8 Å². The fraction of sp³-hybridized carbons (Fsp3) is 0.500. The minimum Gasteiger partial charge on any atom is -0.493 e. The quantitative estimate of drug-likeness (QED) is 0.265. The number of esters is 1. The van der Waals surface area contributed by atoms with Crippen molar-refractivity contribution in [3.63, 3.8) is 0 Å². The van der Waals surface area contributed by atoms with E-state index >= 15 is 0 Å². The van der Waals surface area contributed by atoms with Crippen molar-refractivity contribution >= 4 is 29.3 Å². The summed E-state index contributed by atoms with van der Waals surface area (Å²) in [5.41, 5.74) is 6.79. The van der Waals surface area contributed by atoms with Crippen LogP contribution in [0.5, 0.6) is 11.5 Å². The molecule has 1 aliphatic rings. The Kier molecular flexibility index (Phi) is 11.5. The lowest BCUT2D eigenvalue weighted by atomic mass is 9.84. The molecule has 2 amide bonds. The maximum Gasteiger partial charge on any atom is 0.329 e. The van der Waals surface area contributed by atoms with Crippen LogP contribution >= 0.6 is 0 Å². The van der Waals surface area contributed by atoms with E-state index in [1.807, 2.05) is 31.2 Å². The third kappa shape index (κ3) is 8.09. The van der Waals surface area contributed by atoms with Gasteiger partial charge in [-0.3, -0.25) is 14.4 Å². The third-order valence-corrected chi connectivity index (χ3v) is 7.86. The van der Waals surface area contributed by atoms with Gasteiger partial charge in [-0.05, 0) is 73.9 Å². The molecule has 10 heteroatoms. The van der Waals surface area contributed by atoms with E-state index in [9.17, 15) is 19.2 Å². The van der Waals surface area contributed by atoms with Gasteiger partial charge in [0.1, 0.15) is 12.1 Å². The number of methoxy groups -OCH3 is 2. The van der Waals surface area contributed by atoms with Gasteiger partial charge >= 0.3 is 5.97 Å². The molecule has 3 rings (SSSR count). The zero-order chi connectivity index (χ0) is 30.9. The molecule has 42 heavy (non-hydrogen) atoms. The highest BCUT2D eigenvalue weighted by Gasteiger charge is 2.41. The van der Waals surface area contributed by atoms with Gasteiger partial charge in [0.25, 0.3) is 5.91 Å². The molecule has 2 atom stereocenters. The molecular formula is C32H43N3O7. The van der Waals surface area contributed by atoms with Crippen molar-refractivity contribution in [2.45, 2.75) is 71.4 Å². The summed E-state index contributed by atoms with van der Waals surface area (Å²) in [6.07, 6.45) is 2.63. The molecule has 0 radical (unpaired) electrons. The molecular weight excluding hydrogens is 538 g/mol. The second kappa shape index (κ2) is 14.8. The standard InChI is InChI=1S/C32H43N3O7/c1-6-32(2,3)29(37)30(38)35-17-8-7-12-24(35)31(39)42-25(22-10-9-11-23(19-22)34-28(36)20-33)15-13-21-14-16-26(40-4)27(18-21)41-5/h9-11,14,16,18-19,24-25H,6-8,12-13,15,17,20,33H2,1-5H3,(H,34,36)/t24-,25+/m0/s1. The third-order valence-electron chi connectivity index (χ3n) is 7.86. The van der Waals surface area contributed by atoms with Gasteiger partial charge in [-0.2, -0.15) is 0 Å². The molecule has 10 nitrogen and oxygen atoms in total. The van der Waals surface area contributed by atoms with E-state index < -0.39 is 35.2 Å². The monoisotopic (exact) mass is 581 g/mol. The number of carbonyl (C=O) groups is 4. The van der Waals surface area contributed by atoms with Crippen molar-refractivity contribution in [2.24, 2.45) is 11.1 Å². The van der Waals surface area contributed by atoms with Crippen LogP contribution in [-0.2, 0) is 30.3 Å². The summed E-state index contributed by atoms with van der Waals surface area (Å²) in [5, 5.41) is 2.73. The summed E-state index contributed by atoms with van der Waals surface area (Å²) in [6, 6.07) is 11.8. The Morgan fingerprint density at radius 2 is 1.79 bits per heavy atom. The largest absolute Gasteiger partial charge is 0.493 e.